The second kappa shape index (κ2) is 5.73. The van der Waals surface area contributed by atoms with Gasteiger partial charge in [-0.05, 0) is 18.1 Å². The molecule has 1 aliphatic rings. The molecule has 5 heteroatoms. The molecule has 3 rings (SSSR count). The standard InChI is InChI=1S/C15H19N3O2/c1-11-5-3-4-6-13(11)9-18-7-8-19-14(10-18)15-16-12(2)20-17-15/h3-6,14H,7-10H2,1-2H3/t14-/m1/s1. The Bertz CT molecular complexity index is 582. The van der Waals surface area contributed by atoms with Crippen LogP contribution in [0.15, 0.2) is 28.8 Å². The van der Waals surface area contributed by atoms with E-state index in [-0.39, 0.29) is 6.10 Å². The van der Waals surface area contributed by atoms with Crippen LogP contribution in [0.4, 0.5) is 0 Å². The first-order valence-corrected chi connectivity index (χ1v) is 6.91. The normalized spacial score (nSPS) is 20.2. The molecule has 0 N–H and O–H groups in total. The Labute approximate surface area is 118 Å². The van der Waals surface area contributed by atoms with Crippen molar-refractivity contribution in [1.82, 2.24) is 15.0 Å². The molecule has 0 spiro atoms. The maximum Gasteiger partial charge on any atom is 0.223 e. The number of hydrogen-bond acceptors (Lipinski definition) is 5. The number of morpholine rings is 1. The summed E-state index contributed by atoms with van der Waals surface area (Å²) in [5, 5.41) is 3.96. The van der Waals surface area contributed by atoms with Crippen LogP contribution in [0.25, 0.3) is 0 Å². The number of rotatable bonds is 3. The molecule has 0 radical (unpaired) electrons. The summed E-state index contributed by atoms with van der Waals surface area (Å²) in [4.78, 5) is 6.64. The van der Waals surface area contributed by atoms with Crippen molar-refractivity contribution in [1.29, 1.82) is 0 Å². The molecule has 5 nitrogen and oxygen atoms in total. The quantitative estimate of drug-likeness (QED) is 0.858. The van der Waals surface area contributed by atoms with Crippen molar-refractivity contribution in [2.75, 3.05) is 19.7 Å². The molecule has 20 heavy (non-hydrogen) atoms. The lowest BCUT2D eigenvalue weighted by atomic mass is 10.1. The molecule has 0 bridgehead atoms. The van der Waals surface area contributed by atoms with Gasteiger partial charge in [-0.15, -0.1) is 0 Å². The maximum absolute atomic E-state index is 5.75. The Hall–Kier alpha value is -1.72. The van der Waals surface area contributed by atoms with Crippen LogP contribution in [0.5, 0.6) is 0 Å². The molecule has 0 aliphatic carbocycles. The number of benzene rings is 1. The summed E-state index contributed by atoms with van der Waals surface area (Å²) in [6.07, 6.45) is -0.0924. The Morgan fingerprint density at radius 2 is 2.15 bits per heavy atom. The second-order valence-corrected chi connectivity index (χ2v) is 5.19. The Morgan fingerprint density at radius 3 is 2.90 bits per heavy atom. The lowest BCUT2D eigenvalue weighted by Gasteiger charge is -2.31. The first kappa shape index (κ1) is 13.3. The lowest BCUT2D eigenvalue weighted by molar-refractivity contribution is -0.0381. The lowest BCUT2D eigenvalue weighted by Crippen LogP contribution is -2.38. The average molecular weight is 273 g/mol. The van der Waals surface area contributed by atoms with Crippen LogP contribution in [0.1, 0.15) is 28.9 Å². The summed E-state index contributed by atoms with van der Waals surface area (Å²) in [5.74, 6) is 1.23. The molecule has 1 aromatic heterocycles. The summed E-state index contributed by atoms with van der Waals surface area (Å²) >= 11 is 0. The minimum Gasteiger partial charge on any atom is -0.367 e. The predicted molar refractivity (Wildman–Crippen MR) is 74.2 cm³/mol. The third-order valence-corrected chi connectivity index (χ3v) is 3.64. The molecule has 1 aromatic carbocycles. The SMILES string of the molecule is Cc1nc([C@H]2CN(Cc3ccccc3C)CCO2)no1. The molecule has 1 fully saturated rings. The molecule has 1 saturated heterocycles. The molecule has 1 atom stereocenters. The summed E-state index contributed by atoms with van der Waals surface area (Å²) in [7, 11) is 0. The predicted octanol–water partition coefficient (Wildman–Crippen LogP) is 2.26. The van der Waals surface area contributed by atoms with Gasteiger partial charge in [-0.1, -0.05) is 29.4 Å². The van der Waals surface area contributed by atoms with Crippen LogP contribution in [-0.2, 0) is 11.3 Å². The van der Waals surface area contributed by atoms with Crippen LogP contribution >= 0.6 is 0 Å². The summed E-state index contributed by atoms with van der Waals surface area (Å²) in [6.45, 7) is 7.31. The number of hydrogen-bond donors (Lipinski definition) is 0. The zero-order chi connectivity index (χ0) is 13.9. The Morgan fingerprint density at radius 1 is 1.30 bits per heavy atom. The third kappa shape index (κ3) is 2.89. The van der Waals surface area contributed by atoms with Crippen molar-refractivity contribution in [3.63, 3.8) is 0 Å². The van der Waals surface area contributed by atoms with Gasteiger partial charge in [0.05, 0.1) is 6.61 Å². The summed E-state index contributed by atoms with van der Waals surface area (Å²) in [6, 6.07) is 8.49. The zero-order valence-corrected chi connectivity index (χ0v) is 11.9. The number of aromatic nitrogens is 2. The van der Waals surface area contributed by atoms with E-state index in [9.17, 15) is 0 Å². The highest BCUT2D eigenvalue weighted by Gasteiger charge is 2.25. The van der Waals surface area contributed by atoms with E-state index in [2.05, 4.69) is 46.2 Å². The average Bonchev–Trinajstić information content (AvgIpc) is 2.89. The van der Waals surface area contributed by atoms with Crippen molar-refractivity contribution < 1.29 is 9.26 Å². The first-order chi connectivity index (χ1) is 9.72. The van der Waals surface area contributed by atoms with Crippen LogP contribution < -0.4 is 0 Å². The van der Waals surface area contributed by atoms with E-state index in [1.165, 1.54) is 11.1 Å². The molecule has 0 saturated carbocycles. The van der Waals surface area contributed by atoms with Crippen LogP contribution in [0.2, 0.25) is 0 Å². The van der Waals surface area contributed by atoms with E-state index in [0.29, 0.717) is 18.3 Å². The summed E-state index contributed by atoms with van der Waals surface area (Å²) in [5.41, 5.74) is 2.68. The number of aryl methyl sites for hydroxylation is 2. The van der Waals surface area contributed by atoms with E-state index in [1.807, 2.05) is 0 Å². The molecule has 2 aromatic rings. The van der Waals surface area contributed by atoms with Crippen molar-refractivity contribution in [3.05, 3.63) is 47.1 Å². The fraction of sp³-hybridized carbons (Fsp3) is 0.467. The van der Waals surface area contributed by atoms with Gasteiger partial charge in [0, 0.05) is 26.6 Å². The third-order valence-electron chi connectivity index (χ3n) is 3.64. The summed E-state index contributed by atoms with van der Waals surface area (Å²) < 4.78 is 10.8. The van der Waals surface area contributed by atoms with Crippen LogP contribution in [0.3, 0.4) is 0 Å². The van der Waals surface area contributed by atoms with Crippen molar-refractivity contribution >= 4 is 0 Å². The van der Waals surface area contributed by atoms with Gasteiger partial charge in [0.25, 0.3) is 0 Å². The minimum absolute atomic E-state index is 0.0924. The van der Waals surface area contributed by atoms with E-state index in [4.69, 9.17) is 9.26 Å². The topological polar surface area (TPSA) is 51.4 Å². The van der Waals surface area contributed by atoms with E-state index in [1.54, 1.807) is 6.92 Å². The van der Waals surface area contributed by atoms with Gasteiger partial charge < -0.3 is 9.26 Å². The molecule has 0 unspecified atom stereocenters. The van der Waals surface area contributed by atoms with Crippen LogP contribution in [-0.4, -0.2) is 34.7 Å². The highest BCUT2D eigenvalue weighted by Crippen LogP contribution is 2.21. The Balaban J connectivity index is 1.68. The van der Waals surface area contributed by atoms with Gasteiger partial charge in [0.1, 0.15) is 6.10 Å². The fourth-order valence-electron chi connectivity index (χ4n) is 2.48. The highest BCUT2D eigenvalue weighted by molar-refractivity contribution is 5.25. The minimum atomic E-state index is -0.0924. The monoisotopic (exact) mass is 273 g/mol. The van der Waals surface area contributed by atoms with Crippen molar-refractivity contribution in [2.24, 2.45) is 0 Å². The zero-order valence-electron chi connectivity index (χ0n) is 11.9. The van der Waals surface area contributed by atoms with E-state index < -0.39 is 0 Å². The number of nitrogens with zero attached hydrogens (tertiary/aromatic N) is 3. The maximum atomic E-state index is 5.75. The molecule has 2 heterocycles. The molecule has 106 valence electrons. The largest absolute Gasteiger partial charge is 0.367 e. The second-order valence-electron chi connectivity index (χ2n) is 5.19. The van der Waals surface area contributed by atoms with E-state index >= 15 is 0 Å². The molecular formula is C15H19N3O2. The van der Waals surface area contributed by atoms with Gasteiger partial charge in [0.15, 0.2) is 0 Å². The van der Waals surface area contributed by atoms with Gasteiger partial charge in [-0.2, -0.15) is 4.98 Å². The smallest absolute Gasteiger partial charge is 0.223 e. The fourth-order valence-corrected chi connectivity index (χ4v) is 2.48. The first-order valence-electron chi connectivity index (χ1n) is 6.91. The molecular weight excluding hydrogens is 254 g/mol. The van der Waals surface area contributed by atoms with Crippen molar-refractivity contribution in [3.8, 4) is 0 Å². The Kier molecular flexibility index (Phi) is 3.80. The van der Waals surface area contributed by atoms with Crippen LogP contribution in [0, 0.1) is 13.8 Å². The highest BCUT2D eigenvalue weighted by atomic mass is 16.5. The van der Waals surface area contributed by atoms with E-state index in [0.717, 1.165) is 19.6 Å². The van der Waals surface area contributed by atoms with Gasteiger partial charge in [-0.25, -0.2) is 0 Å². The van der Waals surface area contributed by atoms with Gasteiger partial charge >= 0.3 is 0 Å². The number of ether oxygens (including phenoxy) is 1. The van der Waals surface area contributed by atoms with Crippen molar-refractivity contribution in [2.45, 2.75) is 26.5 Å². The molecule has 0 amide bonds. The van der Waals surface area contributed by atoms with Gasteiger partial charge in [-0.3, -0.25) is 4.90 Å². The van der Waals surface area contributed by atoms with Gasteiger partial charge in [0.2, 0.25) is 11.7 Å². The molecule has 1 aliphatic heterocycles.